The van der Waals surface area contributed by atoms with E-state index in [4.69, 9.17) is 8.92 Å². The molecule has 1 aliphatic heterocycles. The van der Waals surface area contributed by atoms with Crippen molar-refractivity contribution < 1.29 is 31.7 Å². The maximum Gasteiger partial charge on any atom is 0.339 e. The quantitative estimate of drug-likeness (QED) is 0.249. The molecule has 8 nitrogen and oxygen atoms in total. The Hall–Kier alpha value is -3.98. The molecule has 0 spiro atoms. The molecule has 192 valence electrons. The molecule has 0 aromatic heterocycles. The van der Waals surface area contributed by atoms with E-state index in [2.05, 4.69) is 0 Å². The third-order valence-corrected chi connectivity index (χ3v) is 7.40. The molecule has 1 aliphatic rings. The Balaban J connectivity index is 1.32. The van der Waals surface area contributed by atoms with Gasteiger partial charge >= 0.3 is 16.1 Å². The molecule has 3 aromatic carbocycles. The summed E-state index contributed by atoms with van der Waals surface area (Å²) in [6.45, 7) is 5.42. The number of ketones is 1. The van der Waals surface area contributed by atoms with Crippen molar-refractivity contribution in [3.05, 3.63) is 89.0 Å². The minimum absolute atomic E-state index is 0.0157. The van der Waals surface area contributed by atoms with E-state index in [1.807, 2.05) is 39.0 Å². The van der Waals surface area contributed by atoms with Crippen LogP contribution in [0.15, 0.2) is 71.6 Å². The highest BCUT2D eigenvalue weighted by molar-refractivity contribution is 7.87. The third-order valence-electron chi connectivity index (χ3n) is 6.14. The molecule has 1 amide bonds. The zero-order valence-corrected chi connectivity index (χ0v) is 21.6. The van der Waals surface area contributed by atoms with Gasteiger partial charge in [0, 0.05) is 24.2 Å². The van der Waals surface area contributed by atoms with E-state index in [0.717, 1.165) is 22.4 Å². The molecule has 1 heterocycles. The molecular weight excluding hydrogens is 494 g/mol. The summed E-state index contributed by atoms with van der Waals surface area (Å²) >= 11 is 0. The lowest BCUT2D eigenvalue weighted by molar-refractivity contribution is -0.147. The molecular formula is C28H27NO7S. The number of carbonyl (C=O) groups excluding carboxylic acids is 3. The van der Waals surface area contributed by atoms with Gasteiger partial charge in [-0.05, 0) is 68.8 Å². The Kier molecular flexibility index (Phi) is 7.45. The van der Waals surface area contributed by atoms with Crippen LogP contribution in [0.4, 0.5) is 5.69 Å². The van der Waals surface area contributed by atoms with Crippen molar-refractivity contribution in [1.82, 2.24) is 0 Å². The first-order chi connectivity index (χ1) is 17.5. The van der Waals surface area contributed by atoms with E-state index < -0.39 is 34.4 Å². The summed E-state index contributed by atoms with van der Waals surface area (Å²) in [6.07, 6.45) is 0.0157. The minimum Gasteiger partial charge on any atom is -0.457 e. The zero-order chi connectivity index (χ0) is 26.7. The molecule has 0 aliphatic carbocycles. The van der Waals surface area contributed by atoms with Crippen molar-refractivity contribution >= 4 is 33.5 Å². The monoisotopic (exact) mass is 521 g/mol. The van der Waals surface area contributed by atoms with Crippen molar-refractivity contribution in [2.45, 2.75) is 32.1 Å². The third kappa shape index (κ3) is 6.06. The number of hydrogen-bond acceptors (Lipinski definition) is 7. The number of hydrogen-bond donors (Lipinski definition) is 0. The lowest BCUT2D eigenvalue weighted by atomic mass is 10.1. The number of carbonyl (C=O) groups is 3. The number of amides is 1. The molecule has 1 atom stereocenters. The summed E-state index contributed by atoms with van der Waals surface area (Å²) in [7, 11) is -4.01. The number of Topliss-reactive ketones (excluding diaryl/α,β-unsaturated/α-hetero) is 1. The predicted octanol–water partition coefficient (Wildman–Crippen LogP) is 4.16. The maximum absolute atomic E-state index is 12.6. The number of rotatable bonds is 8. The van der Waals surface area contributed by atoms with Gasteiger partial charge in [0.1, 0.15) is 10.6 Å². The summed E-state index contributed by atoms with van der Waals surface area (Å²) in [5.41, 5.74) is 3.92. The fourth-order valence-electron chi connectivity index (χ4n) is 4.12. The smallest absolute Gasteiger partial charge is 0.339 e. The SMILES string of the molecule is Cc1ccc(S(=O)(=O)Oc2ccc(C(=O)COC(=O)[C@H]3CC(=O)N(c4ccc(C)cc4C)C3)cc2)cc1. The molecule has 9 heteroatoms. The molecule has 0 radical (unpaired) electrons. The van der Waals surface area contributed by atoms with Crippen molar-refractivity contribution in [2.75, 3.05) is 18.1 Å². The van der Waals surface area contributed by atoms with Gasteiger partial charge in [-0.3, -0.25) is 14.4 Å². The summed E-state index contributed by atoms with van der Waals surface area (Å²) in [5.74, 6) is -1.86. The van der Waals surface area contributed by atoms with E-state index in [1.54, 1.807) is 17.0 Å². The second-order valence-electron chi connectivity index (χ2n) is 9.10. The van der Waals surface area contributed by atoms with Crippen molar-refractivity contribution in [3.8, 4) is 5.75 Å². The number of esters is 1. The molecule has 3 aromatic rings. The topological polar surface area (TPSA) is 107 Å². The molecule has 37 heavy (non-hydrogen) atoms. The number of ether oxygens (including phenoxy) is 1. The van der Waals surface area contributed by atoms with Crippen LogP contribution in [0, 0.1) is 26.7 Å². The van der Waals surface area contributed by atoms with Crippen molar-refractivity contribution in [1.29, 1.82) is 0 Å². The van der Waals surface area contributed by atoms with Gasteiger partial charge in [-0.2, -0.15) is 8.42 Å². The predicted molar refractivity (Wildman–Crippen MR) is 137 cm³/mol. The van der Waals surface area contributed by atoms with Crippen LogP contribution in [-0.4, -0.2) is 39.2 Å². The molecule has 1 saturated heterocycles. The van der Waals surface area contributed by atoms with Crippen molar-refractivity contribution in [3.63, 3.8) is 0 Å². The Morgan fingerprint density at radius 3 is 2.22 bits per heavy atom. The van der Waals surface area contributed by atoms with Gasteiger partial charge in [0.15, 0.2) is 12.4 Å². The van der Waals surface area contributed by atoms with Crippen LogP contribution in [0.1, 0.15) is 33.5 Å². The summed E-state index contributed by atoms with van der Waals surface area (Å²) in [4.78, 5) is 39.2. The van der Waals surface area contributed by atoms with Gasteiger partial charge in [0.2, 0.25) is 5.91 Å². The highest BCUT2D eigenvalue weighted by atomic mass is 32.2. The molecule has 0 saturated carbocycles. The summed E-state index contributed by atoms with van der Waals surface area (Å²) in [5, 5.41) is 0. The summed E-state index contributed by atoms with van der Waals surface area (Å²) < 4.78 is 35.2. The first-order valence-corrected chi connectivity index (χ1v) is 13.1. The van der Waals surface area contributed by atoms with Gasteiger partial charge in [-0.25, -0.2) is 0 Å². The van der Waals surface area contributed by atoms with E-state index in [9.17, 15) is 22.8 Å². The molecule has 0 bridgehead atoms. The number of nitrogens with zero attached hydrogens (tertiary/aromatic N) is 1. The van der Waals surface area contributed by atoms with Gasteiger partial charge in [-0.1, -0.05) is 35.4 Å². The van der Waals surface area contributed by atoms with Crippen LogP contribution < -0.4 is 9.08 Å². The normalized spacial score (nSPS) is 15.5. The largest absolute Gasteiger partial charge is 0.457 e. The lowest BCUT2D eigenvalue weighted by Crippen LogP contribution is -2.27. The fourth-order valence-corrected chi connectivity index (χ4v) is 5.05. The van der Waals surface area contributed by atoms with Gasteiger partial charge in [0.25, 0.3) is 0 Å². The van der Waals surface area contributed by atoms with Crippen molar-refractivity contribution in [2.24, 2.45) is 5.92 Å². The Morgan fingerprint density at radius 1 is 0.919 bits per heavy atom. The average Bonchev–Trinajstić information content (AvgIpc) is 3.24. The van der Waals surface area contributed by atoms with Gasteiger partial charge in [0.05, 0.1) is 5.92 Å². The van der Waals surface area contributed by atoms with E-state index in [0.29, 0.717) is 0 Å². The molecule has 4 rings (SSSR count). The molecule has 1 fully saturated rings. The first-order valence-electron chi connectivity index (χ1n) is 11.7. The number of anilines is 1. The van der Waals surface area contributed by atoms with Crippen LogP contribution in [0.5, 0.6) is 5.75 Å². The number of benzene rings is 3. The van der Waals surface area contributed by atoms with E-state index in [1.165, 1.54) is 36.4 Å². The van der Waals surface area contributed by atoms with Crippen LogP contribution in [-0.2, 0) is 24.4 Å². The standard InChI is InChI=1S/C28H27NO7S/c1-18-4-11-24(12-5-18)37(33,34)36-23-9-7-21(8-10-23)26(30)17-35-28(32)22-15-27(31)29(16-22)25-13-6-19(2)14-20(25)3/h4-14,22H,15-17H2,1-3H3/t22-/m0/s1. The number of aryl methyl sites for hydroxylation is 3. The lowest BCUT2D eigenvalue weighted by Gasteiger charge is -2.19. The fraction of sp³-hybridized carbons (Fsp3) is 0.250. The van der Waals surface area contributed by atoms with Crippen LogP contribution in [0.3, 0.4) is 0 Å². The van der Waals surface area contributed by atoms with Gasteiger partial charge < -0.3 is 13.8 Å². The Morgan fingerprint density at radius 2 is 1.57 bits per heavy atom. The summed E-state index contributed by atoms with van der Waals surface area (Å²) in [6, 6.07) is 17.5. The second-order valence-corrected chi connectivity index (χ2v) is 10.6. The molecule has 0 unspecified atom stereocenters. The van der Waals surface area contributed by atoms with Crippen LogP contribution in [0.2, 0.25) is 0 Å². The Labute approximate surface area is 215 Å². The van der Waals surface area contributed by atoms with Crippen LogP contribution >= 0.6 is 0 Å². The highest BCUT2D eigenvalue weighted by Gasteiger charge is 2.37. The highest BCUT2D eigenvalue weighted by Crippen LogP contribution is 2.29. The van der Waals surface area contributed by atoms with E-state index in [-0.39, 0.29) is 35.1 Å². The average molecular weight is 522 g/mol. The second kappa shape index (κ2) is 10.6. The zero-order valence-electron chi connectivity index (χ0n) is 20.8. The maximum atomic E-state index is 12.6. The Bertz CT molecular complexity index is 1440. The van der Waals surface area contributed by atoms with Crippen LogP contribution in [0.25, 0.3) is 0 Å². The van der Waals surface area contributed by atoms with E-state index >= 15 is 0 Å². The van der Waals surface area contributed by atoms with Gasteiger partial charge in [-0.15, -0.1) is 0 Å². The molecule has 0 N–H and O–H groups in total. The first kappa shape index (κ1) is 26.1. The minimum atomic E-state index is -4.01.